The lowest BCUT2D eigenvalue weighted by molar-refractivity contribution is -0.192. The first kappa shape index (κ1) is 18.5. The maximum absolute atomic E-state index is 10.6. The van der Waals surface area contributed by atoms with Crippen molar-refractivity contribution in [2.45, 2.75) is 25.4 Å². The number of alkyl halides is 3. The number of nitrogens with two attached hydrogens (primary N) is 1. The lowest BCUT2D eigenvalue weighted by atomic mass is 10.3. The fraction of sp³-hybridized carbons (Fsp3) is 0.889. The van der Waals surface area contributed by atoms with Gasteiger partial charge < -0.3 is 21.3 Å². The molecule has 0 spiro atoms. The number of halogens is 3. The van der Waals surface area contributed by atoms with E-state index in [-0.39, 0.29) is 6.61 Å². The van der Waals surface area contributed by atoms with E-state index < -0.39 is 12.1 Å². The van der Waals surface area contributed by atoms with Crippen molar-refractivity contribution < 1.29 is 28.2 Å². The van der Waals surface area contributed by atoms with Crippen LogP contribution in [0.2, 0.25) is 0 Å². The number of carbonyl (C=O) groups is 1. The van der Waals surface area contributed by atoms with E-state index in [4.69, 9.17) is 20.7 Å². The summed E-state index contributed by atoms with van der Waals surface area (Å²) in [6, 6.07) is 0. The van der Waals surface area contributed by atoms with E-state index in [1.54, 1.807) is 0 Å². The van der Waals surface area contributed by atoms with E-state index in [0.29, 0.717) is 0 Å². The number of hydrogen-bond acceptors (Lipinski definition) is 4. The van der Waals surface area contributed by atoms with Gasteiger partial charge in [0.15, 0.2) is 0 Å². The van der Waals surface area contributed by atoms with Crippen molar-refractivity contribution in [1.29, 1.82) is 0 Å². The number of carboxylic acid groups (broad SMARTS) is 1. The van der Waals surface area contributed by atoms with Gasteiger partial charge in [0.1, 0.15) is 0 Å². The number of aliphatic hydroxyl groups is 1. The standard InChI is InChI=1S/C7H18N2O.C2HF3O2/c8-4-1-2-5-9-6-3-7-10;3-2(4,5)1(6)7/h9-10H,1-8H2;(H,6,7). The molecule has 0 aromatic carbocycles. The first-order valence-electron chi connectivity index (χ1n) is 5.18. The second-order valence-corrected chi connectivity index (χ2v) is 3.13. The van der Waals surface area contributed by atoms with Gasteiger partial charge in [0.05, 0.1) is 0 Å². The number of unbranched alkanes of at least 4 members (excludes halogenated alkanes) is 1. The van der Waals surface area contributed by atoms with Gasteiger partial charge in [-0.15, -0.1) is 0 Å². The zero-order valence-corrected chi connectivity index (χ0v) is 9.46. The molecule has 0 aliphatic heterocycles. The van der Waals surface area contributed by atoms with E-state index in [0.717, 1.165) is 38.9 Å². The largest absolute Gasteiger partial charge is 0.490 e. The molecule has 0 saturated heterocycles. The molecule has 0 heterocycles. The fourth-order valence-electron chi connectivity index (χ4n) is 0.723. The number of hydrogen-bond donors (Lipinski definition) is 4. The van der Waals surface area contributed by atoms with Crippen molar-refractivity contribution in [2.24, 2.45) is 5.73 Å². The normalized spacial score (nSPS) is 10.6. The molecular formula is C9H19F3N2O3. The topological polar surface area (TPSA) is 95.6 Å². The van der Waals surface area contributed by atoms with E-state index >= 15 is 0 Å². The van der Waals surface area contributed by atoms with Crippen LogP contribution in [0.15, 0.2) is 0 Å². The van der Waals surface area contributed by atoms with Crippen LogP contribution in [-0.4, -0.2) is 48.6 Å². The third-order valence-corrected chi connectivity index (χ3v) is 1.56. The second-order valence-electron chi connectivity index (χ2n) is 3.13. The molecule has 0 bridgehead atoms. The highest BCUT2D eigenvalue weighted by Crippen LogP contribution is 2.13. The van der Waals surface area contributed by atoms with Crippen molar-refractivity contribution in [3.8, 4) is 0 Å². The van der Waals surface area contributed by atoms with Gasteiger partial charge in [-0.2, -0.15) is 13.2 Å². The van der Waals surface area contributed by atoms with Crippen molar-refractivity contribution >= 4 is 5.97 Å². The maximum atomic E-state index is 10.6. The fourth-order valence-corrected chi connectivity index (χ4v) is 0.723. The van der Waals surface area contributed by atoms with Crippen LogP contribution in [0.1, 0.15) is 19.3 Å². The van der Waals surface area contributed by atoms with Gasteiger partial charge in [-0.25, -0.2) is 4.79 Å². The Kier molecular flexibility index (Phi) is 12.6. The van der Waals surface area contributed by atoms with Crippen molar-refractivity contribution in [2.75, 3.05) is 26.2 Å². The number of aliphatic hydroxyl groups excluding tert-OH is 1. The van der Waals surface area contributed by atoms with Gasteiger partial charge >= 0.3 is 12.1 Å². The molecule has 0 aromatic rings. The Morgan fingerprint density at radius 2 is 1.65 bits per heavy atom. The van der Waals surface area contributed by atoms with Crippen molar-refractivity contribution in [3.63, 3.8) is 0 Å². The Hall–Kier alpha value is -0.860. The van der Waals surface area contributed by atoms with Gasteiger partial charge in [-0.05, 0) is 38.9 Å². The minimum atomic E-state index is -5.08. The van der Waals surface area contributed by atoms with Crippen LogP contribution in [0.3, 0.4) is 0 Å². The summed E-state index contributed by atoms with van der Waals surface area (Å²) in [5.41, 5.74) is 5.30. The molecule has 0 fully saturated rings. The van der Waals surface area contributed by atoms with Crippen LogP contribution >= 0.6 is 0 Å². The van der Waals surface area contributed by atoms with Crippen LogP contribution in [0.25, 0.3) is 0 Å². The third kappa shape index (κ3) is 17.7. The number of rotatable bonds is 7. The van der Waals surface area contributed by atoms with Gasteiger partial charge in [0.25, 0.3) is 0 Å². The number of carboxylic acids is 1. The maximum Gasteiger partial charge on any atom is 0.490 e. The highest BCUT2D eigenvalue weighted by Gasteiger charge is 2.38. The molecular weight excluding hydrogens is 241 g/mol. The summed E-state index contributed by atoms with van der Waals surface area (Å²) in [5.74, 6) is -2.76. The first-order valence-corrected chi connectivity index (χ1v) is 5.18. The van der Waals surface area contributed by atoms with Crippen molar-refractivity contribution in [1.82, 2.24) is 5.32 Å². The summed E-state index contributed by atoms with van der Waals surface area (Å²) in [6.07, 6.45) is -2.00. The Bertz CT molecular complexity index is 181. The Morgan fingerprint density at radius 3 is 2.00 bits per heavy atom. The third-order valence-electron chi connectivity index (χ3n) is 1.56. The lowest BCUT2D eigenvalue weighted by Gasteiger charge is -2.00. The quantitative estimate of drug-likeness (QED) is 0.495. The van der Waals surface area contributed by atoms with Crippen LogP contribution in [0.4, 0.5) is 13.2 Å². The number of nitrogens with one attached hydrogen (secondary N) is 1. The smallest absolute Gasteiger partial charge is 0.475 e. The van der Waals surface area contributed by atoms with Gasteiger partial charge in [0.2, 0.25) is 0 Å². The summed E-state index contributed by atoms with van der Waals surface area (Å²) < 4.78 is 31.7. The summed E-state index contributed by atoms with van der Waals surface area (Å²) in [6.45, 7) is 3.00. The molecule has 0 aliphatic carbocycles. The average molecular weight is 260 g/mol. The van der Waals surface area contributed by atoms with E-state index in [1.165, 1.54) is 0 Å². The monoisotopic (exact) mass is 260 g/mol. The van der Waals surface area contributed by atoms with Gasteiger partial charge in [-0.1, -0.05) is 0 Å². The molecule has 0 unspecified atom stereocenters. The molecule has 5 nitrogen and oxygen atoms in total. The molecule has 5 N–H and O–H groups in total. The van der Waals surface area contributed by atoms with Gasteiger partial charge in [0, 0.05) is 6.61 Å². The lowest BCUT2D eigenvalue weighted by Crippen LogP contribution is -2.21. The first-order chi connectivity index (χ1) is 7.86. The number of aliphatic carboxylic acids is 1. The predicted octanol–water partition coefficient (Wildman–Crippen LogP) is 0.331. The molecule has 0 aromatic heterocycles. The van der Waals surface area contributed by atoms with E-state index in [2.05, 4.69) is 5.32 Å². The molecule has 17 heavy (non-hydrogen) atoms. The zero-order chi connectivity index (χ0) is 13.7. The zero-order valence-electron chi connectivity index (χ0n) is 9.46. The Balaban J connectivity index is 0. The van der Waals surface area contributed by atoms with Gasteiger partial charge in [-0.3, -0.25) is 0 Å². The predicted molar refractivity (Wildman–Crippen MR) is 56.6 cm³/mol. The van der Waals surface area contributed by atoms with E-state index in [1.807, 2.05) is 0 Å². The molecule has 0 radical (unpaired) electrons. The molecule has 0 atom stereocenters. The highest BCUT2D eigenvalue weighted by molar-refractivity contribution is 5.73. The molecule has 0 aliphatic rings. The summed E-state index contributed by atoms with van der Waals surface area (Å²) in [5, 5.41) is 18.7. The van der Waals surface area contributed by atoms with Crippen LogP contribution in [0, 0.1) is 0 Å². The molecule has 0 saturated carbocycles. The highest BCUT2D eigenvalue weighted by atomic mass is 19.4. The Labute approximate surface area is 97.8 Å². The molecule has 0 amide bonds. The average Bonchev–Trinajstić information content (AvgIpc) is 2.23. The van der Waals surface area contributed by atoms with E-state index in [9.17, 15) is 13.2 Å². The van der Waals surface area contributed by atoms with Crippen LogP contribution in [-0.2, 0) is 4.79 Å². The minimum Gasteiger partial charge on any atom is -0.475 e. The second kappa shape index (κ2) is 11.6. The minimum absolute atomic E-state index is 0.282. The molecule has 8 heteroatoms. The van der Waals surface area contributed by atoms with Crippen molar-refractivity contribution in [3.05, 3.63) is 0 Å². The van der Waals surface area contributed by atoms with Crippen LogP contribution < -0.4 is 11.1 Å². The molecule has 104 valence electrons. The summed E-state index contributed by atoms with van der Waals surface area (Å²) >= 11 is 0. The Morgan fingerprint density at radius 1 is 1.18 bits per heavy atom. The SMILES string of the molecule is NCCCCNCCCO.O=C(O)C(F)(F)F. The molecule has 0 rings (SSSR count). The summed E-state index contributed by atoms with van der Waals surface area (Å²) in [7, 11) is 0. The summed E-state index contributed by atoms with van der Waals surface area (Å²) in [4.78, 5) is 8.90. The van der Waals surface area contributed by atoms with Crippen LogP contribution in [0.5, 0.6) is 0 Å².